The number of amides is 3. The second kappa shape index (κ2) is 12.1. The average Bonchev–Trinajstić information content (AvgIpc) is 3.62. The molecule has 11 heteroatoms. The van der Waals surface area contributed by atoms with E-state index < -0.39 is 41.3 Å². The number of benzene rings is 1. The van der Waals surface area contributed by atoms with Crippen LogP contribution in [0.25, 0.3) is 0 Å². The first-order valence-corrected chi connectivity index (χ1v) is 16.1. The van der Waals surface area contributed by atoms with Crippen LogP contribution in [0.3, 0.4) is 0 Å². The number of nitrogens with zero attached hydrogens (tertiary/aromatic N) is 3. The van der Waals surface area contributed by atoms with Gasteiger partial charge in [0.1, 0.15) is 17.5 Å². The molecule has 1 spiro atoms. The maximum atomic E-state index is 14.2. The highest BCUT2D eigenvalue weighted by molar-refractivity contribution is 6.31. The summed E-state index contributed by atoms with van der Waals surface area (Å²) in [6.07, 6.45) is 6.84. The normalized spacial score (nSPS) is 35.8. The summed E-state index contributed by atoms with van der Waals surface area (Å²) in [5, 5.41) is 6.01. The Kier molecular flexibility index (Phi) is 8.58. The SMILES string of the molecule is C[C@@H]1[C@H](C)CCC[C@@H]1NC(=O)[C@@H]1N(CCCN2CCN(C)CC2)C(=O)[C@@H]2[C@@H](C(=O)Nc3ccc(F)c(Cl)c3)[C@@H]3C=C[C@]21O3. The molecule has 4 aliphatic heterocycles. The molecule has 0 aromatic heterocycles. The Balaban J connectivity index is 1.24. The van der Waals surface area contributed by atoms with Crippen LogP contribution in [-0.2, 0) is 19.1 Å². The van der Waals surface area contributed by atoms with Crippen molar-refractivity contribution in [3.05, 3.63) is 41.2 Å². The largest absolute Gasteiger partial charge is 0.359 e. The van der Waals surface area contributed by atoms with E-state index in [0.717, 1.165) is 58.4 Å². The summed E-state index contributed by atoms with van der Waals surface area (Å²) in [5.41, 5.74) is -0.882. The summed E-state index contributed by atoms with van der Waals surface area (Å²) in [6.45, 7) is 9.60. The lowest BCUT2D eigenvalue weighted by atomic mass is 9.73. The Hall–Kier alpha value is -2.53. The van der Waals surface area contributed by atoms with Crippen molar-refractivity contribution < 1.29 is 23.5 Å². The Morgan fingerprint density at radius 2 is 1.88 bits per heavy atom. The molecule has 2 bridgehead atoms. The molecule has 0 radical (unpaired) electrons. The molecule has 4 fully saturated rings. The van der Waals surface area contributed by atoms with Crippen molar-refractivity contribution in [2.75, 3.05) is 51.6 Å². The summed E-state index contributed by atoms with van der Waals surface area (Å²) < 4.78 is 20.2. The maximum absolute atomic E-state index is 14.2. The maximum Gasteiger partial charge on any atom is 0.246 e. The molecule has 8 atom stereocenters. The lowest BCUT2D eigenvalue weighted by molar-refractivity contribution is -0.141. The van der Waals surface area contributed by atoms with Crippen LogP contribution in [0.4, 0.5) is 10.1 Å². The number of likely N-dealkylation sites (N-methyl/N-ethyl adjacent to an activating group) is 1. The molecular formula is C32H43ClFN5O4. The highest BCUT2D eigenvalue weighted by Crippen LogP contribution is 2.55. The van der Waals surface area contributed by atoms with Crippen molar-refractivity contribution in [1.29, 1.82) is 0 Å². The number of likely N-dealkylation sites (tertiary alicyclic amines) is 1. The van der Waals surface area contributed by atoms with Crippen LogP contribution >= 0.6 is 11.6 Å². The summed E-state index contributed by atoms with van der Waals surface area (Å²) in [4.78, 5) is 48.5. The average molecular weight is 616 g/mol. The molecule has 1 aromatic rings. The lowest BCUT2D eigenvalue weighted by Crippen LogP contribution is -2.58. The van der Waals surface area contributed by atoms with Crippen molar-refractivity contribution >= 4 is 35.0 Å². The minimum atomic E-state index is -1.22. The predicted molar refractivity (Wildman–Crippen MR) is 162 cm³/mol. The van der Waals surface area contributed by atoms with Crippen LogP contribution < -0.4 is 10.6 Å². The second-order valence-corrected chi connectivity index (χ2v) is 13.6. The van der Waals surface area contributed by atoms with Gasteiger partial charge in [-0.2, -0.15) is 0 Å². The van der Waals surface area contributed by atoms with Crippen molar-refractivity contribution in [2.24, 2.45) is 23.7 Å². The number of carbonyl (C=O) groups excluding carboxylic acids is 3. The van der Waals surface area contributed by atoms with Gasteiger partial charge >= 0.3 is 0 Å². The van der Waals surface area contributed by atoms with Crippen LogP contribution in [0.5, 0.6) is 0 Å². The number of nitrogens with one attached hydrogen (secondary N) is 2. The number of hydrogen-bond donors (Lipinski definition) is 2. The molecule has 234 valence electrons. The van der Waals surface area contributed by atoms with Crippen LogP contribution in [0.15, 0.2) is 30.4 Å². The topological polar surface area (TPSA) is 94.2 Å². The van der Waals surface area contributed by atoms with Crippen molar-refractivity contribution in [3.8, 4) is 0 Å². The Morgan fingerprint density at radius 3 is 2.63 bits per heavy atom. The molecule has 3 saturated heterocycles. The summed E-state index contributed by atoms with van der Waals surface area (Å²) in [5.74, 6) is -2.27. The molecule has 1 aromatic carbocycles. The van der Waals surface area contributed by atoms with Gasteiger partial charge in [-0.05, 0) is 56.5 Å². The second-order valence-electron chi connectivity index (χ2n) is 13.2. The molecule has 3 amide bonds. The Morgan fingerprint density at radius 1 is 1.12 bits per heavy atom. The van der Waals surface area contributed by atoms with Gasteiger partial charge in [-0.1, -0.05) is 50.4 Å². The number of piperazine rings is 1. The van der Waals surface area contributed by atoms with E-state index in [1.807, 2.05) is 12.2 Å². The molecule has 2 N–H and O–H groups in total. The van der Waals surface area contributed by atoms with E-state index >= 15 is 0 Å². The van der Waals surface area contributed by atoms with Gasteiger partial charge in [-0.15, -0.1) is 0 Å². The van der Waals surface area contributed by atoms with Crippen LogP contribution in [0.2, 0.25) is 5.02 Å². The Labute approximate surface area is 258 Å². The van der Waals surface area contributed by atoms with Gasteiger partial charge in [-0.25, -0.2) is 4.39 Å². The molecule has 4 heterocycles. The lowest BCUT2D eigenvalue weighted by Gasteiger charge is -2.38. The van der Waals surface area contributed by atoms with Crippen molar-refractivity contribution in [1.82, 2.24) is 20.0 Å². The number of halogens is 2. The van der Waals surface area contributed by atoms with Gasteiger partial charge in [0.25, 0.3) is 0 Å². The van der Waals surface area contributed by atoms with Gasteiger partial charge in [0.15, 0.2) is 0 Å². The van der Waals surface area contributed by atoms with E-state index in [9.17, 15) is 18.8 Å². The number of hydrogen-bond acceptors (Lipinski definition) is 6. The minimum Gasteiger partial charge on any atom is -0.359 e. The number of anilines is 1. The fourth-order valence-corrected chi connectivity index (χ4v) is 8.07. The third kappa shape index (κ3) is 5.60. The zero-order valence-electron chi connectivity index (χ0n) is 25.2. The molecular weight excluding hydrogens is 573 g/mol. The number of fused-ring (bicyclic) bond motifs is 1. The van der Waals surface area contributed by atoms with Crippen LogP contribution in [-0.4, -0.2) is 103 Å². The molecule has 43 heavy (non-hydrogen) atoms. The summed E-state index contributed by atoms with van der Waals surface area (Å²) >= 11 is 5.94. The van der Waals surface area contributed by atoms with E-state index in [4.69, 9.17) is 16.3 Å². The zero-order chi connectivity index (χ0) is 30.5. The molecule has 5 aliphatic rings. The fourth-order valence-electron chi connectivity index (χ4n) is 7.89. The quantitative estimate of drug-likeness (QED) is 0.437. The first kappa shape index (κ1) is 30.5. The first-order valence-electron chi connectivity index (χ1n) is 15.7. The third-order valence-electron chi connectivity index (χ3n) is 10.6. The summed E-state index contributed by atoms with van der Waals surface area (Å²) in [7, 11) is 2.12. The highest BCUT2D eigenvalue weighted by Gasteiger charge is 2.72. The van der Waals surface area contributed by atoms with Gasteiger partial charge in [0.05, 0.1) is 23.0 Å². The molecule has 6 rings (SSSR count). The van der Waals surface area contributed by atoms with Crippen LogP contribution in [0.1, 0.15) is 39.5 Å². The summed E-state index contributed by atoms with van der Waals surface area (Å²) in [6, 6.07) is 3.13. The molecule has 1 saturated carbocycles. The van der Waals surface area contributed by atoms with E-state index in [2.05, 4.69) is 41.3 Å². The standard InChI is InChI=1S/C32H43ClFN5O4/c1-19-6-4-7-24(20(19)2)36-30(41)28-32-11-10-25(43-32)26(29(40)35-21-8-9-23(34)22(33)18-21)27(32)31(42)39(28)13-5-12-38-16-14-37(3)15-17-38/h8-11,18-20,24-28H,4-7,12-17H2,1-3H3,(H,35,40)(H,36,41)/t19-,20-,24+,25+,26+,27+,28+,32+/m1/s1. The number of carbonyl (C=O) groups is 3. The van der Waals surface area contributed by atoms with E-state index in [1.165, 1.54) is 18.2 Å². The van der Waals surface area contributed by atoms with E-state index in [0.29, 0.717) is 24.1 Å². The monoisotopic (exact) mass is 615 g/mol. The van der Waals surface area contributed by atoms with Gasteiger partial charge in [0.2, 0.25) is 17.7 Å². The van der Waals surface area contributed by atoms with Gasteiger partial charge in [0, 0.05) is 44.5 Å². The molecule has 1 aliphatic carbocycles. The minimum absolute atomic E-state index is 0.0268. The molecule has 0 unspecified atom stereocenters. The fraction of sp³-hybridized carbons (Fsp3) is 0.656. The van der Waals surface area contributed by atoms with Crippen LogP contribution in [0, 0.1) is 29.5 Å². The number of ether oxygens (including phenoxy) is 1. The van der Waals surface area contributed by atoms with E-state index in [-0.39, 0.29) is 22.9 Å². The third-order valence-corrected chi connectivity index (χ3v) is 10.9. The predicted octanol–water partition coefficient (Wildman–Crippen LogP) is 3.15. The number of rotatable bonds is 8. The zero-order valence-corrected chi connectivity index (χ0v) is 26.0. The van der Waals surface area contributed by atoms with Gasteiger partial charge < -0.3 is 30.1 Å². The van der Waals surface area contributed by atoms with Crippen molar-refractivity contribution in [2.45, 2.75) is 63.3 Å². The first-order chi connectivity index (χ1) is 20.6. The Bertz CT molecular complexity index is 1290. The van der Waals surface area contributed by atoms with Gasteiger partial charge in [-0.3, -0.25) is 14.4 Å². The van der Waals surface area contributed by atoms with Crippen molar-refractivity contribution in [3.63, 3.8) is 0 Å². The highest BCUT2D eigenvalue weighted by atomic mass is 35.5. The molecule has 9 nitrogen and oxygen atoms in total. The smallest absolute Gasteiger partial charge is 0.246 e. The van der Waals surface area contributed by atoms with E-state index in [1.54, 1.807) is 4.90 Å².